The highest BCUT2D eigenvalue weighted by Gasteiger charge is 2.38. The molecule has 10 heteroatoms. The van der Waals surface area contributed by atoms with E-state index >= 15 is 0 Å². The number of halogens is 2. The zero-order valence-corrected chi connectivity index (χ0v) is 22.3. The fourth-order valence-electron chi connectivity index (χ4n) is 4.94. The summed E-state index contributed by atoms with van der Waals surface area (Å²) < 4.78 is 19.1. The molecule has 1 unspecified atom stereocenters. The molecular formula is C28H32ClFN4O4. The number of nitrogens with one attached hydrogen (secondary N) is 1. The Morgan fingerprint density at radius 2 is 1.87 bits per heavy atom. The molecule has 2 aromatic carbocycles. The summed E-state index contributed by atoms with van der Waals surface area (Å²) in [5.74, 6) is -1.16. The van der Waals surface area contributed by atoms with E-state index in [0.717, 1.165) is 0 Å². The van der Waals surface area contributed by atoms with Crippen molar-refractivity contribution in [2.45, 2.75) is 26.3 Å². The van der Waals surface area contributed by atoms with Gasteiger partial charge in [0.05, 0.1) is 18.2 Å². The van der Waals surface area contributed by atoms with Crippen LogP contribution in [0, 0.1) is 5.82 Å². The minimum atomic E-state index is -0.712. The van der Waals surface area contributed by atoms with Gasteiger partial charge in [0.1, 0.15) is 5.82 Å². The predicted molar refractivity (Wildman–Crippen MR) is 142 cm³/mol. The number of carbonyl (C=O) groups excluding carboxylic acids is 3. The van der Waals surface area contributed by atoms with E-state index in [1.54, 1.807) is 41.0 Å². The molecule has 8 nitrogen and oxygen atoms in total. The molecule has 0 radical (unpaired) electrons. The molecule has 1 N–H and O–H groups in total. The Balaban J connectivity index is 1.62. The summed E-state index contributed by atoms with van der Waals surface area (Å²) in [6.45, 7) is 6.63. The van der Waals surface area contributed by atoms with Gasteiger partial charge < -0.3 is 15.0 Å². The van der Waals surface area contributed by atoms with Crippen LogP contribution in [0.15, 0.2) is 59.8 Å². The average molecular weight is 543 g/mol. The fourth-order valence-corrected chi connectivity index (χ4v) is 5.14. The molecule has 4 rings (SSSR count). The van der Waals surface area contributed by atoms with Crippen molar-refractivity contribution >= 4 is 29.5 Å². The van der Waals surface area contributed by atoms with Crippen molar-refractivity contribution < 1.29 is 23.5 Å². The first kappa shape index (κ1) is 27.6. The maximum Gasteiger partial charge on any atom is 0.338 e. The molecule has 0 aliphatic carbocycles. The van der Waals surface area contributed by atoms with Gasteiger partial charge in [-0.25, -0.2) is 14.0 Å². The molecule has 0 spiro atoms. The van der Waals surface area contributed by atoms with E-state index in [1.807, 2.05) is 13.0 Å². The van der Waals surface area contributed by atoms with Gasteiger partial charge in [0.2, 0.25) is 0 Å². The fraction of sp³-hybridized carbons (Fsp3) is 0.393. The second-order valence-corrected chi connectivity index (χ2v) is 9.63. The Labute approximate surface area is 227 Å². The van der Waals surface area contributed by atoms with Gasteiger partial charge in [-0.15, -0.1) is 0 Å². The largest absolute Gasteiger partial charge is 0.463 e. The quantitative estimate of drug-likeness (QED) is 0.530. The number of esters is 1. The molecule has 1 fully saturated rings. The molecular weight excluding hydrogens is 511 g/mol. The number of likely N-dealkylation sites (N-methyl/N-ethyl adjacent to an activating group) is 1. The van der Waals surface area contributed by atoms with E-state index in [-0.39, 0.29) is 18.5 Å². The first-order valence-corrected chi connectivity index (χ1v) is 13.2. The summed E-state index contributed by atoms with van der Waals surface area (Å²) in [7, 11) is 0. The molecule has 1 atom stereocenters. The third-order valence-corrected chi connectivity index (χ3v) is 6.99. The minimum Gasteiger partial charge on any atom is -0.463 e. The number of benzene rings is 2. The number of ether oxygens (including phenoxy) is 1. The van der Waals surface area contributed by atoms with Crippen molar-refractivity contribution in [2.75, 3.05) is 45.9 Å². The summed E-state index contributed by atoms with van der Waals surface area (Å²) in [4.78, 5) is 44.8. The van der Waals surface area contributed by atoms with E-state index < -0.39 is 17.8 Å². The third-order valence-electron chi connectivity index (χ3n) is 6.75. The number of hydrogen-bond donors (Lipinski definition) is 1. The second-order valence-electron chi connectivity index (χ2n) is 9.19. The lowest BCUT2D eigenvalue weighted by atomic mass is 9.94. The zero-order chi connectivity index (χ0) is 27.2. The Hall–Kier alpha value is -3.43. The predicted octanol–water partition coefficient (Wildman–Crippen LogP) is 4.23. The smallest absolute Gasteiger partial charge is 0.338 e. The van der Waals surface area contributed by atoms with Crippen LogP contribution in [-0.4, -0.2) is 78.5 Å². The maximum atomic E-state index is 13.7. The molecule has 1 saturated heterocycles. The van der Waals surface area contributed by atoms with E-state index in [9.17, 15) is 18.8 Å². The second kappa shape index (κ2) is 12.4. The van der Waals surface area contributed by atoms with Gasteiger partial charge in [0.15, 0.2) is 0 Å². The summed E-state index contributed by atoms with van der Waals surface area (Å²) >= 11 is 6.23. The van der Waals surface area contributed by atoms with Crippen molar-refractivity contribution in [1.29, 1.82) is 0 Å². The number of carbonyl (C=O) groups is 3. The highest BCUT2D eigenvalue weighted by molar-refractivity contribution is 6.30. The third kappa shape index (κ3) is 6.16. The van der Waals surface area contributed by atoms with Crippen LogP contribution < -0.4 is 5.32 Å². The van der Waals surface area contributed by atoms with Crippen molar-refractivity contribution in [3.05, 3.63) is 81.8 Å². The zero-order valence-electron chi connectivity index (χ0n) is 21.6. The van der Waals surface area contributed by atoms with Crippen LogP contribution in [0.5, 0.6) is 0 Å². The minimum absolute atomic E-state index is 0.193. The normalized spacial score (nSPS) is 18.7. The standard InChI is InChI=1S/C28H32ClFN4O4/c1-3-34-23(18-32-12-7-13-33(15-14-32)26(35)20-9-6-11-22(30)17-20)24(27(36)38-4-2)25(31-28(34)37)19-8-5-10-21(29)16-19/h5-6,8-11,16-17,25H,3-4,7,12-15,18H2,1-2H3,(H,31,37). The van der Waals surface area contributed by atoms with Gasteiger partial charge in [0.25, 0.3) is 5.91 Å². The SMILES string of the molecule is CCOC(=O)C1=C(CN2CCCN(C(=O)c3cccc(F)c3)CC2)N(CC)C(=O)NC1c1cccc(Cl)c1. The van der Waals surface area contributed by atoms with Gasteiger partial charge in [-0.2, -0.15) is 0 Å². The first-order chi connectivity index (χ1) is 18.3. The van der Waals surface area contributed by atoms with Crippen molar-refractivity contribution in [3.63, 3.8) is 0 Å². The Morgan fingerprint density at radius 3 is 2.58 bits per heavy atom. The van der Waals surface area contributed by atoms with Crippen LogP contribution >= 0.6 is 11.6 Å². The molecule has 38 heavy (non-hydrogen) atoms. The molecule has 2 heterocycles. The first-order valence-electron chi connectivity index (χ1n) is 12.8. The summed E-state index contributed by atoms with van der Waals surface area (Å²) in [6, 6.07) is 11.7. The lowest BCUT2D eigenvalue weighted by molar-refractivity contribution is -0.139. The van der Waals surface area contributed by atoms with Crippen molar-refractivity contribution in [2.24, 2.45) is 0 Å². The molecule has 0 saturated carbocycles. The highest BCUT2D eigenvalue weighted by atomic mass is 35.5. The van der Waals surface area contributed by atoms with E-state index in [4.69, 9.17) is 16.3 Å². The lowest BCUT2D eigenvalue weighted by Crippen LogP contribution is -2.51. The van der Waals surface area contributed by atoms with Crippen LogP contribution in [0.4, 0.5) is 9.18 Å². The van der Waals surface area contributed by atoms with E-state index in [2.05, 4.69) is 10.2 Å². The molecule has 2 aliphatic heterocycles. The van der Waals surface area contributed by atoms with Crippen LogP contribution in [0.1, 0.15) is 42.2 Å². The summed E-state index contributed by atoms with van der Waals surface area (Å²) in [5.41, 5.74) is 1.94. The molecule has 202 valence electrons. The Bertz CT molecular complexity index is 1240. The number of amides is 3. The molecule has 2 aromatic rings. The average Bonchev–Trinajstić information content (AvgIpc) is 3.14. The van der Waals surface area contributed by atoms with Crippen LogP contribution in [0.2, 0.25) is 5.02 Å². The number of hydrogen-bond acceptors (Lipinski definition) is 5. The summed E-state index contributed by atoms with van der Waals surface area (Å²) in [6.07, 6.45) is 0.694. The topological polar surface area (TPSA) is 82.2 Å². The molecule has 2 aliphatic rings. The van der Waals surface area contributed by atoms with Crippen molar-refractivity contribution in [3.8, 4) is 0 Å². The number of urea groups is 1. The maximum absolute atomic E-state index is 13.7. The summed E-state index contributed by atoms with van der Waals surface area (Å²) in [5, 5.41) is 3.44. The Morgan fingerprint density at radius 1 is 1.08 bits per heavy atom. The van der Waals surface area contributed by atoms with Gasteiger partial charge in [0, 0.05) is 55.6 Å². The molecule has 3 amide bonds. The highest BCUT2D eigenvalue weighted by Crippen LogP contribution is 2.33. The molecule has 0 bridgehead atoms. The monoisotopic (exact) mass is 542 g/mol. The van der Waals surface area contributed by atoms with Gasteiger partial charge in [-0.05, 0) is 56.2 Å². The molecule has 0 aromatic heterocycles. The van der Waals surface area contributed by atoms with E-state index in [1.165, 1.54) is 18.2 Å². The number of rotatable bonds is 7. The van der Waals surface area contributed by atoms with Gasteiger partial charge >= 0.3 is 12.0 Å². The van der Waals surface area contributed by atoms with Crippen LogP contribution in [0.25, 0.3) is 0 Å². The lowest BCUT2D eigenvalue weighted by Gasteiger charge is -2.38. The van der Waals surface area contributed by atoms with Crippen molar-refractivity contribution in [1.82, 2.24) is 20.0 Å². The number of nitrogens with zero attached hydrogens (tertiary/aromatic N) is 3. The van der Waals surface area contributed by atoms with Crippen LogP contribution in [-0.2, 0) is 9.53 Å². The van der Waals surface area contributed by atoms with Gasteiger partial charge in [-0.1, -0.05) is 29.8 Å². The van der Waals surface area contributed by atoms with E-state index in [0.29, 0.717) is 73.1 Å². The van der Waals surface area contributed by atoms with Gasteiger partial charge in [-0.3, -0.25) is 14.6 Å². The van der Waals surface area contributed by atoms with Crippen LogP contribution in [0.3, 0.4) is 0 Å². The Kier molecular flexibility index (Phi) is 9.01.